The Balaban J connectivity index is 2.34. The van der Waals surface area contributed by atoms with Crippen molar-refractivity contribution in [2.75, 3.05) is 19.0 Å². The number of anilines is 1. The molecule has 5 nitrogen and oxygen atoms in total. The molecule has 2 heterocycles. The topological polar surface area (TPSA) is 59.9 Å². The summed E-state index contributed by atoms with van der Waals surface area (Å²) in [5, 5.41) is 2.89. The van der Waals surface area contributed by atoms with Gasteiger partial charge in [-0.1, -0.05) is 18.5 Å². The van der Waals surface area contributed by atoms with E-state index in [2.05, 4.69) is 20.3 Å². The normalized spacial score (nSPS) is 10.4. The van der Waals surface area contributed by atoms with Gasteiger partial charge in [0.2, 0.25) is 5.95 Å². The van der Waals surface area contributed by atoms with Crippen LogP contribution in [-0.2, 0) is 0 Å². The third-order valence-electron chi connectivity index (χ3n) is 2.07. The van der Waals surface area contributed by atoms with Gasteiger partial charge in [0.25, 0.3) is 0 Å². The predicted molar refractivity (Wildman–Crippen MR) is 73.5 cm³/mol. The van der Waals surface area contributed by atoms with E-state index in [1.54, 1.807) is 7.05 Å². The zero-order valence-electron chi connectivity index (χ0n) is 10.1. The maximum Gasteiger partial charge on any atom is 0.321 e. The highest BCUT2D eigenvalue weighted by atomic mass is 35.5. The van der Waals surface area contributed by atoms with Crippen molar-refractivity contribution >= 4 is 28.9 Å². The van der Waals surface area contributed by atoms with Crippen LogP contribution < -0.4 is 10.1 Å². The van der Waals surface area contributed by atoms with Crippen LogP contribution in [0.4, 0.5) is 5.95 Å². The van der Waals surface area contributed by atoms with Crippen LogP contribution in [0, 0.1) is 0 Å². The number of nitrogens with zero attached hydrogens (tertiary/aromatic N) is 3. The lowest BCUT2D eigenvalue weighted by atomic mass is 10.4. The van der Waals surface area contributed by atoms with Crippen molar-refractivity contribution in [3.63, 3.8) is 0 Å². The summed E-state index contributed by atoms with van der Waals surface area (Å²) in [6.07, 6.45) is 0.904. The molecule has 0 fully saturated rings. The van der Waals surface area contributed by atoms with Gasteiger partial charge in [-0.3, -0.25) is 0 Å². The molecule has 0 aliphatic rings. The van der Waals surface area contributed by atoms with Crippen LogP contribution in [0.1, 0.15) is 13.3 Å². The molecular weight excluding hydrogens is 272 g/mol. The molecule has 2 rings (SSSR count). The van der Waals surface area contributed by atoms with Crippen molar-refractivity contribution in [3.05, 3.63) is 16.5 Å². The quantitative estimate of drug-likeness (QED) is 0.914. The number of halogens is 1. The third kappa shape index (κ3) is 3.08. The molecule has 7 heteroatoms. The van der Waals surface area contributed by atoms with Gasteiger partial charge in [-0.25, -0.2) is 0 Å². The maximum atomic E-state index is 5.91. The lowest BCUT2D eigenvalue weighted by Crippen LogP contribution is -2.05. The van der Waals surface area contributed by atoms with Crippen LogP contribution in [0.5, 0.6) is 6.01 Å². The highest BCUT2D eigenvalue weighted by Gasteiger charge is 2.10. The van der Waals surface area contributed by atoms with Gasteiger partial charge in [0.1, 0.15) is 0 Å². The number of hydrogen-bond acceptors (Lipinski definition) is 6. The van der Waals surface area contributed by atoms with Crippen LogP contribution in [0.2, 0.25) is 4.34 Å². The number of hydrogen-bond donors (Lipinski definition) is 1. The summed E-state index contributed by atoms with van der Waals surface area (Å²) in [5.74, 6) is 1.05. The average Bonchev–Trinajstić information content (AvgIpc) is 2.82. The fraction of sp³-hybridized carbons (Fsp3) is 0.364. The molecule has 2 aromatic rings. The van der Waals surface area contributed by atoms with Gasteiger partial charge in [0.15, 0.2) is 5.82 Å². The molecule has 18 heavy (non-hydrogen) atoms. The van der Waals surface area contributed by atoms with Gasteiger partial charge in [0, 0.05) is 7.05 Å². The van der Waals surface area contributed by atoms with E-state index >= 15 is 0 Å². The lowest BCUT2D eigenvalue weighted by Gasteiger charge is -2.06. The summed E-state index contributed by atoms with van der Waals surface area (Å²) in [5.41, 5.74) is 0. The van der Waals surface area contributed by atoms with Crippen molar-refractivity contribution < 1.29 is 4.74 Å². The van der Waals surface area contributed by atoms with Crippen LogP contribution in [0.3, 0.4) is 0 Å². The molecule has 0 amide bonds. The zero-order chi connectivity index (χ0) is 13.0. The fourth-order valence-electron chi connectivity index (χ4n) is 1.27. The molecule has 96 valence electrons. The van der Waals surface area contributed by atoms with E-state index < -0.39 is 0 Å². The van der Waals surface area contributed by atoms with Gasteiger partial charge in [-0.05, 0) is 18.6 Å². The molecule has 0 radical (unpaired) electrons. The van der Waals surface area contributed by atoms with Crippen LogP contribution >= 0.6 is 22.9 Å². The van der Waals surface area contributed by atoms with E-state index in [4.69, 9.17) is 16.3 Å². The van der Waals surface area contributed by atoms with Gasteiger partial charge in [0.05, 0.1) is 15.8 Å². The zero-order valence-corrected chi connectivity index (χ0v) is 11.7. The molecular formula is C11H13ClN4OS. The van der Waals surface area contributed by atoms with Crippen molar-refractivity contribution in [3.8, 4) is 16.7 Å². The molecule has 0 aliphatic heterocycles. The Hall–Kier alpha value is -1.40. The Morgan fingerprint density at radius 3 is 2.78 bits per heavy atom. The van der Waals surface area contributed by atoms with Crippen molar-refractivity contribution in [2.45, 2.75) is 13.3 Å². The monoisotopic (exact) mass is 284 g/mol. The summed E-state index contributed by atoms with van der Waals surface area (Å²) >= 11 is 7.33. The number of nitrogens with one attached hydrogen (secondary N) is 1. The largest absolute Gasteiger partial charge is 0.463 e. The number of thiophene rings is 1. The van der Waals surface area contributed by atoms with E-state index in [1.165, 1.54) is 11.3 Å². The minimum absolute atomic E-state index is 0.329. The number of ether oxygens (including phenoxy) is 1. The molecule has 2 aromatic heterocycles. The molecule has 0 aromatic carbocycles. The second-order valence-electron chi connectivity index (χ2n) is 3.47. The second kappa shape index (κ2) is 5.97. The Morgan fingerprint density at radius 1 is 1.33 bits per heavy atom. The minimum Gasteiger partial charge on any atom is -0.463 e. The van der Waals surface area contributed by atoms with E-state index in [9.17, 15) is 0 Å². The summed E-state index contributed by atoms with van der Waals surface area (Å²) in [6, 6.07) is 4.03. The average molecular weight is 285 g/mol. The number of rotatable bonds is 5. The number of aromatic nitrogens is 3. The van der Waals surface area contributed by atoms with E-state index in [0.717, 1.165) is 11.3 Å². The predicted octanol–water partition coefficient (Wildman–Crippen LogP) is 3.08. The smallest absolute Gasteiger partial charge is 0.321 e. The summed E-state index contributed by atoms with van der Waals surface area (Å²) in [7, 11) is 1.75. The standard InChI is InChI=1S/C11H13ClN4OS/c1-3-6-17-11-15-9(14-10(13-2)16-11)7-4-5-8(12)18-7/h4-5H,3,6H2,1-2H3,(H,13,14,15,16). The summed E-state index contributed by atoms with van der Waals surface area (Å²) in [4.78, 5) is 13.6. The Kier molecular flexibility index (Phi) is 4.33. The SMILES string of the molecule is CCCOc1nc(NC)nc(-c2ccc(Cl)s2)n1. The van der Waals surface area contributed by atoms with Crippen molar-refractivity contribution in [1.82, 2.24) is 15.0 Å². The molecule has 1 N–H and O–H groups in total. The van der Waals surface area contributed by atoms with Crippen molar-refractivity contribution in [2.24, 2.45) is 0 Å². The van der Waals surface area contributed by atoms with Gasteiger partial charge in [-0.15, -0.1) is 11.3 Å². The Labute approximate surface area is 114 Å². The van der Waals surface area contributed by atoms with Gasteiger partial charge >= 0.3 is 6.01 Å². The van der Waals surface area contributed by atoms with E-state index in [0.29, 0.717) is 28.7 Å². The first kappa shape index (κ1) is 13.0. The fourth-order valence-corrected chi connectivity index (χ4v) is 2.25. The molecule has 0 spiro atoms. The van der Waals surface area contributed by atoms with E-state index in [1.807, 2.05) is 19.1 Å². The molecule has 0 saturated carbocycles. The maximum absolute atomic E-state index is 5.91. The highest BCUT2D eigenvalue weighted by Crippen LogP contribution is 2.29. The molecule has 0 atom stereocenters. The molecule has 0 bridgehead atoms. The van der Waals surface area contributed by atoms with Gasteiger partial charge in [-0.2, -0.15) is 15.0 Å². The molecule has 0 unspecified atom stereocenters. The highest BCUT2D eigenvalue weighted by molar-refractivity contribution is 7.19. The summed E-state index contributed by atoms with van der Waals surface area (Å²) in [6.45, 7) is 2.61. The first-order valence-electron chi connectivity index (χ1n) is 5.55. The van der Waals surface area contributed by atoms with Crippen LogP contribution in [-0.4, -0.2) is 28.6 Å². The van der Waals surface area contributed by atoms with Gasteiger partial charge < -0.3 is 10.1 Å². The first-order chi connectivity index (χ1) is 8.72. The van der Waals surface area contributed by atoms with Crippen molar-refractivity contribution in [1.29, 1.82) is 0 Å². The third-order valence-corrected chi connectivity index (χ3v) is 3.29. The first-order valence-corrected chi connectivity index (χ1v) is 6.74. The molecule has 0 aliphatic carbocycles. The van der Waals surface area contributed by atoms with E-state index in [-0.39, 0.29) is 0 Å². The van der Waals surface area contributed by atoms with Crippen LogP contribution in [0.15, 0.2) is 12.1 Å². The second-order valence-corrected chi connectivity index (χ2v) is 5.18. The Morgan fingerprint density at radius 2 is 2.17 bits per heavy atom. The minimum atomic E-state index is 0.329. The molecule has 0 saturated heterocycles. The van der Waals surface area contributed by atoms with Crippen LogP contribution in [0.25, 0.3) is 10.7 Å². The lowest BCUT2D eigenvalue weighted by molar-refractivity contribution is 0.292. The Bertz CT molecular complexity index is 532. The summed E-state index contributed by atoms with van der Waals surface area (Å²) < 4.78 is 6.14.